The van der Waals surface area contributed by atoms with Crippen molar-refractivity contribution in [3.63, 3.8) is 0 Å². The number of halogens is 3. The Labute approximate surface area is 165 Å². The molecule has 7 nitrogen and oxygen atoms in total. The van der Waals surface area contributed by atoms with Gasteiger partial charge >= 0.3 is 12.1 Å². The molecule has 0 saturated carbocycles. The number of hydrogen-bond donors (Lipinski definition) is 1. The Bertz CT molecular complexity index is 986. The van der Waals surface area contributed by atoms with Crippen LogP contribution < -0.4 is 5.32 Å². The number of nitrogens with one attached hydrogen (secondary N) is 1. The van der Waals surface area contributed by atoms with Crippen molar-refractivity contribution >= 4 is 27.6 Å². The van der Waals surface area contributed by atoms with Crippen LogP contribution >= 0.6 is 0 Å². The monoisotopic (exact) mass is 430 g/mol. The molecule has 1 amide bonds. The van der Waals surface area contributed by atoms with Crippen molar-refractivity contribution < 1.29 is 35.9 Å². The molecule has 0 aliphatic rings. The second-order valence-corrected chi connectivity index (χ2v) is 8.16. The van der Waals surface area contributed by atoms with Gasteiger partial charge in [0.1, 0.15) is 0 Å². The van der Waals surface area contributed by atoms with Gasteiger partial charge in [-0.15, -0.1) is 0 Å². The van der Waals surface area contributed by atoms with E-state index in [1.807, 2.05) is 0 Å². The maximum atomic E-state index is 12.5. The van der Waals surface area contributed by atoms with Gasteiger partial charge in [-0.1, -0.05) is 0 Å². The molecule has 2 aromatic rings. The predicted molar refractivity (Wildman–Crippen MR) is 97.7 cm³/mol. The molecule has 2 rings (SSSR count). The van der Waals surface area contributed by atoms with Gasteiger partial charge in [0, 0.05) is 19.8 Å². The first kappa shape index (κ1) is 22.4. The highest BCUT2D eigenvalue weighted by Gasteiger charge is 2.30. The SMILES string of the molecule is CN(C)S(=O)(=O)c1ccc(C(=O)OCC(=O)Nc2ccc(C(F)(F)F)cc2)cc1. The Morgan fingerprint density at radius 3 is 2.03 bits per heavy atom. The predicted octanol–water partition coefficient (Wildman–Crippen LogP) is 2.75. The van der Waals surface area contributed by atoms with Crippen molar-refractivity contribution in [1.29, 1.82) is 0 Å². The summed E-state index contributed by atoms with van der Waals surface area (Å²) in [6.07, 6.45) is -4.49. The Morgan fingerprint density at radius 2 is 1.55 bits per heavy atom. The van der Waals surface area contributed by atoms with E-state index in [1.165, 1.54) is 38.4 Å². The van der Waals surface area contributed by atoms with E-state index < -0.39 is 40.2 Å². The fraction of sp³-hybridized carbons (Fsp3) is 0.222. The van der Waals surface area contributed by atoms with Crippen LogP contribution in [0, 0.1) is 0 Å². The molecule has 29 heavy (non-hydrogen) atoms. The number of carbonyl (C=O) groups is 2. The second kappa shape index (κ2) is 8.62. The van der Waals surface area contributed by atoms with Gasteiger partial charge < -0.3 is 10.1 Å². The number of nitrogens with zero attached hydrogens (tertiary/aromatic N) is 1. The molecule has 0 aliphatic heterocycles. The van der Waals surface area contributed by atoms with Crippen LogP contribution in [0.1, 0.15) is 15.9 Å². The number of benzene rings is 2. The number of rotatable bonds is 6. The lowest BCUT2D eigenvalue weighted by Crippen LogP contribution is -2.22. The summed E-state index contributed by atoms with van der Waals surface area (Å²) in [5, 5.41) is 2.30. The highest BCUT2D eigenvalue weighted by molar-refractivity contribution is 7.89. The summed E-state index contributed by atoms with van der Waals surface area (Å²) in [5.74, 6) is -1.61. The minimum absolute atomic E-state index is 0.0147. The molecule has 1 N–H and O–H groups in total. The van der Waals surface area contributed by atoms with Crippen LogP contribution in [0.25, 0.3) is 0 Å². The van der Waals surface area contributed by atoms with Gasteiger partial charge in [0.2, 0.25) is 10.0 Å². The molecule has 2 aromatic carbocycles. The van der Waals surface area contributed by atoms with Crippen molar-refractivity contribution in [1.82, 2.24) is 4.31 Å². The zero-order chi connectivity index (χ0) is 21.8. The zero-order valence-electron chi connectivity index (χ0n) is 15.4. The fourth-order valence-corrected chi connectivity index (χ4v) is 3.03. The van der Waals surface area contributed by atoms with Crippen molar-refractivity contribution in [3.8, 4) is 0 Å². The van der Waals surface area contributed by atoms with Crippen LogP contribution in [0.3, 0.4) is 0 Å². The number of sulfonamides is 1. The van der Waals surface area contributed by atoms with Crippen LogP contribution in [0.5, 0.6) is 0 Å². The summed E-state index contributed by atoms with van der Waals surface area (Å²) in [6, 6.07) is 8.72. The quantitative estimate of drug-likeness (QED) is 0.712. The Hall–Kier alpha value is -2.92. The maximum Gasteiger partial charge on any atom is 0.416 e. The number of anilines is 1. The molecular weight excluding hydrogens is 413 g/mol. The van der Waals surface area contributed by atoms with E-state index >= 15 is 0 Å². The first-order valence-electron chi connectivity index (χ1n) is 8.08. The number of esters is 1. The fourth-order valence-electron chi connectivity index (χ4n) is 2.13. The maximum absolute atomic E-state index is 12.5. The van der Waals surface area contributed by atoms with Crippen molar-refractivity contribution in [2.75, 3.05) is 26.0 Å². The number of carbonyl (C=O) groups excluding carboxylic acids is 2. The highest BCUT2D eigenvalue weighted by Crippen LogP contribution is 2.29. The van der Waals surface area contributed by atoms with E-state index in [9.17, 15) is 31.2 Å². The smallest absolute Gasteiger partial charge is 0.416 e. The average molecular weight is 430 g/mol. The number of hydrogen-bond acceptors (Lipinski definition) is 5. The van der Waals surface area contributed by atoms with Gasteiger partial charge in [-0.05, 0) is 48.5 Å². The molecule has 0 bridgehead atoms. The van der Waals surface area contributed by atoms with Gasteiger partial charge in [0.25, 0.3) is 5.91 Å². The molecule has 0 atom stereocenters. The molecule has 0 saturated heterocycles. The Balaban J connectivity index is 1.92. The third-order valence-corrected chi connectivity index (χ3v) is 5.53. The number of amides is 1. The molecule has 0 heterocycles. The third kappa shape index (κ3) is 5.78. The third-order valence-electron chi connectivity index (χ3n) is 3.70. The van der Waals surface area contributed by atoms with Crippen molar-refractivity contribution in [2.45, 2.75) is 11.1 Å². The van der Waals surface area contributed by atoms with Gasteiger partial charge in [0.05, 0.1) is 16.0 Å². The van der Waals surface area contributed by atoms with E-state index in [2.05, 4.69) is 5.32 Å². The average Bonchev–Trinajstić information content (AvgIpc) is 2.65. The second-order valence-electron chi connectivity index (χ2n) is 6.01. The normalized spacial score (nSPS) is 11.9. The largest absolute Gasteiger partial charge is 0.452 e. The van der Waals surface area contributed by atoms with Crippen LogP contribution in [0.2, 0.25) is 0 Å². The summed E-state index contributed by atoms with van der Waals surface area (Å²) in [5.41, 5.74) is -0.719. The molecular formula is C18H17F3N2O5S. The minimum Gasteiger partial charge on any atom is -0.452 e. The summed E-state index contributed by atoms with van der Waals surface area (Å²) < 4.78 is 67.3. The van der Waals surface area contributed by atoms with E-state index in [4.69, 9.17) is 4.74 Å². The van der Waals surface area contributed by atoms with Gasteiger partial charge in [-0.25, -0.2) is 17.5 Å². The van der Waals surface area contributed by atoms with Gasteiger partial charge in [0.15, 0.2) is 6.61 Å². The molecule has 0 aliphatic carbocycles. The molecule has 0 unspecified atom stereocenters. The van der Waals surface area contributed by atoms with Crippen LogP contribution in [-0.4, -0.2) is 45.3 Å². The molecule has 156 valence electrons. The Kier molecular flexibility index (Phi) is 6.65. The molecule has 11 heteroatoms. The molecule has 0 aromatic heterocycles. The van der Waals surface area contributed by atoms with Crippen LogP contribution in [0.4, 0.5) is 18.9 Å². The van der Waals surface area contributed by atoms with Crippen molar-refractivity contribution in [3.05, 3.63) is 59.7 Å². The van der Waals surface area contributed by atoms with Gasteiger partial charge in [-0.3, -0.25) is 4.79 Å². The van der Waals surface area contributed by atoms with E-state index in [0.29, 0.717) is 0 Å². The Morgan fingerprint density at radius 1 is 1.00 bits per heavy atom. The highest BCUT2D eigenvalue weighted by atomic mass is 32.2. The molecule has 0 radical (unpaired) electrons. The van der Waals surface area contributed by atoms with Gasteiger partial charge in [-0.2, -0.15) is 13.2 Å². The van der Waals surface area contributed by atoms with E-state index in [0.717, 1.165) is 28.6 Å². The van der Waals surface area contributed by atoms with Crippen molar-refractivity contribution in [2.24, 2.45) is 0 Å². The molecule has 0 fully saturated rings. The van der Waals surface area contributed by atoms with Crippen LogP contribution in [-0.2, 0) is 25.7 Å². The lowest BCUT2D eigenvalue weighted by molar-refractivity contribution is -0.137. The lowest BCUT2D eigenvalue weighted by atomic mass is 10.2. The van der Waals surface area contributed by atoms with E-state index in [1.54, 1.807) is 0 Å². The number of ether oxygens (including phenoxy) is 1. The number of alkyl halides is 3. The minimum atomic E-state index is -4.49. The van der Waals surface area contributed by atoms with Crippen LogP contribution in [0.15, 0.2) is 53.4 Å². The lowest BCUT2D eigenvalue weighted by Gasteiger charge is -2.11. The summed E-state index contributed by atoms with van der Waals surface area (Å²) in [6.45, 7) is -0.669. The standard InChI is InChI=1S/C18H17F3N2O5S/c1-23(2)29(26,27)15-9-3-12(4-10-15)17(25)28-11-16(24)22-14-7-5-13(6-8-14)18(19,20)21/h3-10H,11H2,1-2H3,(H,22,24). The van der Waals surface area contributed by atoms with E-state index in [-0.39, 0.29) is 16.1 Å². The summed E-state index contributed by atoms with van der Waals surface area (Å²) in [7, 11) is -0.910. The summed E-state index contributed by atoms with van der Waals surface area (Å²) >= 11 is 0. The molecule has 0 spiro atoms. The first-order chi connectivity index (χ1) is 13.4. The zero-order valence-corrected chi connectivity index (χ0v) is 16.2. The first-order valence-corrected chi connectivity index (χ1v) is 9.52. The topological polar surface area (TPSA) is 92.8 Å². The summed E-state index contributed by atoms with van der Waals surface area (Å²) in [4.78, 5) is 23.7.